The molecule has 1 atom stereocenters. The maximum Gasteiger partial charge on any atom is 0.320 e. The van der Waals surface area contributed by atoms with Gasteiger partial charge in [-0.25, -0.2) is 0 Å². The van der Waals surface area contributed by atoms with E-state index in [1.54, 1.807) is 0 Å². The quantitative estimate of drug-likeness (QED) is 0.625. The summed E-state index contributed by atoms with van der Waals surface area (Å²) in [6, 6.07) is -0.645. The molecule has 0 aliphatic heterocycles. The van der Waals surface area contributed by atoms with Crippen molar-refractivity contribution < 1.29 is 9.90 Å². The van der Waals surface area contributed by atoms with E-state index in [9.17, 15) is 4.79 Å². The Labute approximate surface area is 66.6 Å². The molecule has 3 N–H and O–H groups in total. The first-order valence-electron chi connectivity index (χ1n) is 4.18. The van der Waals surface area contributed by atoms with Gasteiger partial charge in [0.1, 0.15) is 6.04 Å². The first kappa shape index (κ1) is 8.53. The fourth-order valence-electron chi connectivity index (χ4n) is 1.16. The smallest absolute Gasteiger partial charge is 0.320 e. The summed E-state index contributed by atoms with van der Waals surface area (Å²) < 4.78 is 0. The van der Waals surface area contributed by atoms with E-state index in [4.69, 9.17) is 10.8 Å². The van der Waals surface area contributed by atoms with Crippen molar-refractivity contribution in [3.63, 3.8) is 0 Å². The minimum absolute atomic E-state index is 0.631. The third kappa shape index (κ3) is 3.37. The summed E-state index contributed by atoms with van der Waals surface area (Å²) in [5, 5.41) is 8.44. The molecule has 3 heteroatoms. The van der Waals surface area contributed by atoms with E-state index in [2.05, 4.69) is 0 Å². The van der Waals surface area contributed by atoms with Gasteiger partial charge >= 0.3 is 5.97 Å². The van der Waals surface area contributed by atoms with Crippen LogP contribution in [0.25, 0.3) is 0 Å². The largest absolute Gasteiger partial charge is 0.480 e. The molecule has 0 aromatic rings. The Hall–Kier alpha value is -0.570. The first-order valence-corrected chi connectivity index (χ1v) is 4.18. The van der Waals surface area contributed by atoms with Crippen LogP contribution in [-0.2, 0) is 4.79 Å². The average Bonchev–Trinajstić information content (AvgIpc) is 2.71. The van der Waals surface area contributed by atoms with Crippen LogP contribution in [0.3, 0.4) is 0 Å². The van der Waals surface area contributed by atoms with Crippen molar-refractivity contribution >= 4 is 5.97 Å². The molecule has 0 spiro atoms. The molecule has 1 fully saturated rings. The fraction of sp³-hybridized carbons (Fsp3) is 0.875. The number of hydrogen-bond acceptors (Lipinski definition) is 2. The van der Waals surface area contributed by atoms with Crippen molar-refractivity contribution in [2.45, 2.75) is 38.1 Å². The number of rotatable bonds is 5. The van der Waals surface area contributed by atoms with Gasteiger partial charge in [0.25, 0.3) is 0 Å². The van der Waals surface area contributed by atoms with Gasteiger partial charge in [0, 0.05) is 0 Å². The number of aliphatic carboxylic acids is 1. The topological polar surface area (TPSA) is 63.3 Å². The van der Waals surface area contributed by atoms with Crippen molar-refractivity contribution in [3.8, 4) is 0 Å². The highest BCUT2D eigenvalue weighted by molar-refractivity contribution is 5.72. The number of carbonyl (C=O) groups is 1. The average molecular weight is 157 g/mol. The number of carboxylic acid groups (broad SMARTS) is 1. The second-order valence-corrected chi connectivity index (χ2v) is 3.32. The molecular weight excluding hydrogens is 142 g/mol. The van der Waals surface area contributed by atoms with E-state index in [1.807, 2.05) is 0 Å². The van der Waals surface area contributed by atoms with Gasteiger partial charge in [0.15, 0.2) is 0 Å². The Bertz CT molecular complexity index is 143. The Morgan fingerprint density at radius 1 is 1.64 bits per heavy atom. The zero-order chi connectivity index (χ0) is 8.27. The van der Waals surface area contributed by atoms with E-state index in [0.717, 1.165) is 12.3 Å². The fourth-order valence-corrected chi connectivity index (χ4v) is 1.16. The summed E-state index contributed by atoms with van der Waals surface area (Å²) in [4.78, 5) is 10.3. The molecule has 11 heavy (non-hydrogen) atoms. The molecule has 0 saturated heterocycles. The maximum absolute atomic E-state index is 10.3. The normalized spacial score (nSPS) is 19.7. The van der Waals surface area contributed by atoms with Gasteiger partial charge in [0.05, 0.1) is 0 Å². The van der Waals surface area contributed by atoms with Gasteiger partial charge < -0.3 is 10.8 Å². The second kappa shape index (κ2) is 3.72. The number of nitrogens with two attached hydrogens (primary N) is 1. The van der Waals surface area contributed by atoms with E-state index < -0.39 is 12.0 Å². The summed E-state index contributed by atoms with van der Waals surface area (Å²) in [5.41, 5.74) is 5.32. The van der Waals surface area contributed by atoms with E-state index in [0.29, 0.717) is 6.42 Å². The molecule has 0 amide bonds. The molecule has 1 aliphatic rings. The molecule has 0 aromatic carbocycles. The lowest BCUT2D eigenvalue weighted by molar-refractivity contribution is -0.138. The van der Waals surface area contributed by atoms with Crippen molar-refractivity contribution in [1.29, 1.82) is 0 Å². The molecule has 1 unspecified atom stereocenters. The van der Waals surface area contributed by atoms with Crippen molar-refractivity contribution in [3.05, 3.63) is 0 Å². The van der Waals surface area contributed by atoms with Crippen LogP contribution in [0.1, 0.15) is 32.1 Å². The van der Waals surface area contributed by atoms with Crippen molar-refractivity contribution in [2.24, 2.45) is 11.7 Å². The third-order valence-electron chi connectivity index (χ3n) is 2.14. The van der Waals surface area contributed by atoms with Crippen LogP contribution >= 0.6 is 0 Å². The molecular formula is C8H15NO2. The zero-order valence-corrected chi connectivity index (χ0v) is 6.62. The van der Waals surface area contributed by atoms with Crippen LogP contribution < -0.4 is 5.73 Å². The summed E-state index contributed by atoms with van der Waals surface area (Å²) in [5.74, 6) is 0.0109. The third-order valence-corrected chi connectivity index (χ3v) is 2.14. The van der Waals surface area contributed by atoms with E-state index >= 15 is 0 Å². The van der Waals surface area contributed by atoms with Crippen LogP contribution in [0, 0.1) is 5.92 Å². The summed E-state index contributed by atoms with van der Waals surface area (Å²) in [6.07, 6.45) is 5.44. The van der Waals surface area contributed by atoms with Gasteiger partial charge in [-0.15, -0.1) is 0 Å². The second-order valence-electron chi connectivity index (χ2n) is 3.32. The highest BCUT2D eigenvalue weighted by atomic mass is 16.4. The lowest BCUT2D eigenvalue weighted by Crippen LogP contribution is -2.29. The van der Waals surface area contributed by atoms with Gasteiger partial charge in [0.2, 0.25) is 0 Å². The monoisotopic (exact) mass is 157 g/mol. The molecule has 3 nitrogen and oxygen atoms in total. The van der Waals surface area contributed by atoms with Gasteiger partial charge in [-0.05, 0) is 12.3 Å². The Kier molecular flexibility index (Phi) is 2.88. The summed E-state index contributed by atoms with van der Waals surface area (Å²) in [6.45, 7) is 0. The summed E-state index contributed by atoms with van der Waals surface area (Å²) in [7, 11) is 0. The molecule has 0 heterocycles. The van der Waals surface area contributed by atoms with Crippen LogP contribution in [0.2, 0.25) is 0 Å². The Morgan fingerprint density at radius 2 is 2.27 bits per heavy atom. The van der Waals surface area contributed by atoms with Crippen LogP contribution in [0.5, 0.6) is 0 Å². The molecule has 0 aromatic heterocycles. The minimum Gasteiger partial charge on any atom is -0.480 e. The van der Waals surface area contributed by atoms with Crippen LogP contribution in [0.4, 0.5) is 0 Å². The lowest BCUT2D eigenvalue weighted by Gasteiger charge is -2.04. The molecule has 0 bridgehead atoms. The minimum atomic E-state index is -0.874. The Balaban J connectivity index is 1.96. The highest BCUT2D eigenvalue weighted by Gasteiger charge is 2.21. The lowest BCUT2D eigenvalue weighted by atomic mass is 10.1. The molecule has 1 aliphatic carbocycles. The zero-order valence-electron chi connectivity index (χ0n) is 6.62. The van der Waals surface area contributed by atoms with Crippen LogP contribution in [-0.4, -0.2) is 17.1 Å². The standard InChI is InChI=1S/C8H15NO2/c9-7(8(10)11)3-1-2-6-4-5-6/h6-7H,1-5,9H2,(H,10,11). The molecule has 1 rings (SSSR count). The predicted molar refractivity (Wildman–Crippen MR) is 42.2 cm³/mol. The summed E-state index contributed by atoms with van der Waals surface area (Å²) >= 11 is 0. The number of carboxylic acids is 1. The maximum atomic E-state index is 10.3. The van der Waals surface area contributed by atoms with Gasteiger partial charge in [-0.1, -0.05) is 25.7 Å². The predicted octanol–water partition coefficient (Wildman–Crippen LogP) is 0.979. The highest BCUT2D eigenvalue weighted by Crippen LogP contribution is 2.33. The first-order chi connectivity index (χ1) is 5.20. The molecule has 64 valence electrons. The van der Waals surface area contributed by atoms with E-state index in [1.165, 1.54) is 19.3 Å². The Morgan fingerprint density at radius 3 is 2.73 bits per heavy atom. The van der Waals surface area contributed by atoms with E-state index in [-0.39, 0.29) is 0 Å². The number of hydrogen-bond donors (Lipinski definition) is 2. The van der Waals surface area contributed by atoms with Gasteiger partial charge in [-0.3, -0.25) is 4.79 Å². The van der Waals surface area contributed by atoms with Crippen LogP contribution in [0.15, 0.2) is 0 Å². The molecule has 1 saturated carbocycles. The van der Waals surface area contributed by atoms with Crippen molar-refractivity contribution in [1.82, 2.24) is 0 Å². The van der Waals surface area contributed by atoms with Gasteiger partial charge in [-0.2, -0.15) is 0 Å². The SMILES string of the molecule is NC(CCCC1CC1)C(=O)O. The molecule has 0 radical (unpaired) electrons. The van der Waals surface area contributed by atoms with Crippen molar-refractivity contribution in [2.75, 3.05) is 0 Å².